The summed E-state index contributed by atoms with van der Waals surface area (Å²) >= 11 is 0. The van der Waals surface area contributed by atoms with Gasteiger partial charge in [-0.3, -0.25) is 0 Å². The van der Waals surface area contributed by atoms with Gasteiger partial charge in [-0.1, -0.05) is 140 Å². The van der Waals surface area contributed by atoms with Gasteiger partial charge in [-0.05, 0) is 38.3 Å². The molecular weight excluding hydrogens is 386 g/mol. The van der Waals surface area contributed by atoms with Crippen LogP contribution in [0.5, 0.6) is 0 Å². The van der Waals surface area contributed by atoms with Crippen LogP contribution in [-0.4, -0.2) is 6.54 Å². The Morgan fingerprint density at radius 1 is 0.750 bits per heavy atom. The average Bonchev–Trinajstić information content (AvgIpc) is 2.78. The molecule has 0 heterocycles. The van der Waals surface area contributed by atoms with Crippen molar-refractivity contribution in [1.29, 1.82) is 0 Å². The lowest BCUT2D eigenvalue weighted by Gasteiger charge is -2.16. The Labute approximate surface area is 201 Å². The van der Waals surface area contributed by atoms with Crippen LogP contribution >= 0.6 is 0 Å². The summed E-state index contributed by atoms with van der Waals surface area (Å²) in [6.45, 7) is 14.1. The maximum Gasteiger partial charge on any atom is 0.0343 e. The van der Waals surface area contributed by atoms with Crippen molar-refractivity contribution >= 4 is 5.57 Å². The van der Waals surface area contributed by atoms with Crippen molar-refractivity contribution in [3.05, 3.63) is 53.2 Å². The van der Waals surface area contributed by atoms with Gasteiger partial charge in [-0.25, -0.2) is 0 Å². The van der Waals surface area contributed by atoms with Gasteiger partial charge in [-0.2, -0.15) is 0 Å². The first kappa shape index (κ1) is 28.5. The number of benzene rings is 1. The minimum atomic E-state index is 1.03. The highest BCUT2D eigenvalue weighted by Crippen LogP contribution is 2.25. The molecule has 1 heteroatoms. The molecule has 1 nitrogen and oxygen atoms in total. The third-order valence-corrected chi connectivity index (χ3v) is 6.67. The molecule has 0 aliphatic rings. The van der Waals surface area contributed by atoms with E-state index in [2.05, 4.69) is 63.9 Å². The number of aryl methyl sites for hydroxylation is 2. The van der Waals surface area contributed by atoms with E-state index in [4.69, 9.17) is 0 Å². The molecule has 1 aromatic rings. The number of hydrogen-bond donors (Lipinski definition) is 1. The largest absolute Gasteiger partial charge is 0.385 e. The maximum absolute atomic E-state index is 4.30. The number of unbranched alkanes of at least 4 members (excludes halogenated alkanes) is 15. The number of hydrogen-bond acceptors (Lipinski definition) is 1. The van der Waals surface area contributed by atoms with Crippen LogP contribution in [0.2, 0.25) is 0 Å². The molecule has 0 aromatic heterocycles. The molecule has 0 radical (unpaired) electrons. The summed E-state index contributed by atoms with van der Waals surface area (Å²) in [5.41, 5.74) is 6.21. The fourth-order valence-electron chi connectivity index (χ4n) is 4.53. The maximum atomic E-state index is 4.30. The van der Waals surface area contributed by atoms with Gasteiger partial charge in [0.15, 0.2) is 0 Å². The molecule has 182 valence electrons. The zero-order valence-electron chi connectivity index (χ0n) is 22.0. The second-order valence-electron chi connectivity index (χ2n) is 9.73. The van der Waals surface area contributed by atoms with Crippen LogP contribution in [0.15, 0.2) is 36.6 Å². The summed E-state index contributed by atoms with van der Waals surface area (Å²) in [5, 5.41) is 3.57. The highest BCUT2D eigenvalue weighted by Gasteiger charge is 2.08. The summed E-state index contributed by atoms with van der Waals surface area (Å²) in [7, 11) is 0. The van der Waals surface area contributed by atoms with Crippen LogP contribution < -0.4 is 5.32 Å². The van der Waals surface area contributed by atoms with Gasteiger partial charge >= 0.3 is 0 Å². The third-order valence-electron chi connectivity index (χ3n) is 6.67. The van der Waals surface area contributed by atoms with E-state index in [0.29, 0.717) is 0 Å². The minimum absolute atomic E-state index is 1.03. The number of allylic oxidation sites excluding steroid dienone is 2. The van der Waals surface area contributed by atoms with Crippen molar-refractivity contribution in [1.82, 2.24) is 5.32 Å². The molecule has 0 bridgehead atoms. The second-order valence-corrected chi connectivity index (χ2v) is 9.73. The van der Waals surface area contributed by atoms with E-state index in [-0.39, 0.29) is 0 Å². The van der Waals surface area contributed by atoms with E-state index in [1.54, 1.807) is 0 Å². The second kappa shape index (κ2) is 19.0. The molecule has 1 rings (SSSR count). The molecule has 0 amide bonds. The highest BCUT2D eigenvalue weighted by molar-refractivity contribution is 5.79. The van der Waals surface area contributed by atoms with E-state index in [1.807, 2.05) is 0 Å². The van der Waals surface area contributed by atoms with Crippen molar-refractivity contribution in [3.8, 4) is 0 Å². The molecule has 32 heavy (non-hydrogen) atoms. The summed E-state index contributed by atoms with van der Waals surface area (Å²) < 4.78 is 0. The van der Waals surface area contributed by atoms with Crippen molar-refractivity contribution in [2.24, 2.45) is 0 Å². The van der Waals surface area contributed by atoms with Gasteiger partial charge in [0.25, 0.3) is 0 Å². The van der Waals surface area contributed by atoms with Crippen molar-refractivity contribution < 1.29 is 0 Å². The van der Waals surface area contributed by atoms with E-state index >= 15 is 0 Å². The first-order chi connectivity index (χ1) is 15.6. The number of nitrogens with one attached hydrogen (secondary N) is 1. The summed E-state index contributed by atoms with van der Waals surface area (Å²) in [4.78, 5) is 0. The molecule has 0 saturated heterocycles. The van der Waals surface area contributed by atoms with Crippen molar-refractivity contribution in [3.63, 3.8) is 0 Å². The fourth-order valence-corrected chi connectivity index (χ4v) is 4.53. The van der Waals surface area contributed by atoms with E-state index in [0.717, 1.165) is 12.2 Å². The zero-order chi connectivity index (χ0) is 23.4. The Hall–Kier alpha value is -1.50. The van der Waals surface area contributed by atoms with Gasteiger partial charge in [0.05, 0.1) is 0 Å². The van der Waals surface area contributed by atoms with E-state index < -0.39 is 0 Å². The quantitative estimate of drug-likeness (QED) is 0.157. The van der Waals surface area contributed by atoms with Crippen LogP contribution in [0.3, 0.4) is 0 Å². The Morgan fingerprint density at radius 3 is 1.69 bits per heavy atom. The van der Waals surface area contributed by atoms with Crippen LogP contribution in [0.25, 0.3) is 5.57 Å². The number of rotatable bonds is 20. The Balaban J connectivity index is 1.97. The van der Waals surface area contributed by atoms with E-state index in [9.17, 15) is 0 Å². The SMILES string of the molecule is C=C(NCCCCCCCCCCCCCCCCCC)/C(=C/C)c1cc(C)ccc1C. The predicted molar refractivity (Wildman–Crippen MR) is 146 cm³/mol. The van der Waals surface area contributed by atoms with Crippen LogP contribution in [0, 0.1) is 13.8 Å². The molecule has 0 unspecified atom stereocenters. The van der Waals surface area contributed by atoms with Gasteiger partial charge in [-0.15, -0.1) is 0 Å². The Bertz CT molecular complexity index is 640. The Kier molecular flexibility index (Phi) is 17.0. The van der Waals surface area contributed by atoms with Crippen molar-refractivity contribution in [2.75, 3.05) is 6.54 Å². The van der Waals surface area contributed by atoms with E-state index in [1.165, 1.54) is 125 Å². The molecule has 1 aromatic carbocycles. The molecule has 0 saturated carbocycles. The fraction of sp³-hybridized carbons (Fsp3) is 0.677. The molecular formula is C31H53N. The van der Waals surface area contributed by atoms with Gasteiger partial charge in [0, 0.05) is 17.8 Å². The minimum Gasteiger partial charge on any atom is -0.385 e. The van der Waals surface area contributed by atoms with Crippen LogP contribution in [0.1, 0.15) is 133 Å². The molecule has 0 spiro atoms. The van der Waals surface area contributed by atoms with Crippen LogP contribution in [0.4, 0.5) is 0 Å². The Morgan fingerprint density at radius 2 is 1.22 bits per heavy atom. The molecule has 0 fully saturated rings. The third kappa shape index (κ3) is 13.1. The van der Waals surface area contributed by atoms with Crippen LogP contribution in [-0.2, 0) is 0 Å². The summed E-state index contributed by atoms with van der Waals surface area (Å²) in [6, 6.07) is 6.65. The standard InChI is InChI=1S/C31H53N/c1-6-8-9-10-11-12-13-14-15-16-17-18-19-20-21-22-25-32-29(5)30(7-2)31-26-27(3)23-24-28(31)4/h7,23-24,26,32H,5-6,8-22,25H2,1-4H3/b30-7-. The summed E-state index contributed by atoms with van der Waals surface area (Å²) in [6.07, 6.45) is 24.8. The average molecular weight is 440 g/mol. The lowest BCUT2D eigenvalue weighted by molar-refractivity contribution is 0.528. The monoisotopic (exact) mass is 439 g/mol. The smallest absolute Gasteiger partial charge is 0.0343 e. The van der Waals surface area contributed by atoms with Gasteiger partial charge < -0.3 is 5.32 Å². The molecule has 0 atom stereocenters. The molecule has 0 aliphatic carbocycles. The normalized spacial score (nSPS) is 11.7. The lowest BCUT2D eigenvalue weighted by Crippen LogP contribution is -2.15. The predicted octanol–water partition coefficient (Wildman–Crippen LogP) is 10.1. The van der Waals surface area contributed by atoms with Gasteiger partial charge in [0.1, 0.15) is 0 Å². The molecule has 1 N–H and O–H groups in total. The zero-order valence-corrected chi connectivity index (χ0v) is 22.0. The first-order valence-electron chi connectivity index (χ1n) is 13.8. The van der Waals surface area contributed by atoms with Crippen molar-refractivity contribution in [2.45, 2.75) is 130 Å². The van der Waals surface area contributed by atoms with Gasteiger partial charge in [0.2, 0.25) is 0 Å². The lowest BCUT2D eigenvalue weighted by atomic mass is 9.96. The molecule has 0 aliphatic heterocycles. The first-order valence-corrected chi connectivity index (χ1v) is 13.8. The highest BCUT2D eigenvalue weighted by atomic mass is 14.9. The summed E-state index contributed by atoms with van der Waals surface area (Å²) in [5.74, 6) is 0. The topological polar surface area (TPSA) is 12.0 Å².